The van der Waals surface area contributed by atoms with Gasteiger partial charge in [0.05, 0.1) is 5.71 Å². The highest BCUT2D eigenvalue weighted by atomic mass is 16.2. The Morgan fingerprint density at radius 2 is 2.16 bits per heavy atom. The van der Waals surface area contributed by atoms with E-state index in [0.717, 1.165) is 18.7 Å². The van der Waals surface area contributed by atoms with Crippen molar-refractivity contribution in [2.75, 3.05) is 40.8 Å². The average molecular weight is 266 g/mol. The summed E-state index contributed by atoms with van der Waals surface area (Å²) >= 11 is 0. The number of amides is 2. The average Bonchev–Trinajstić information content (AvgIpc) is 2.60. The molecule has 0 aromatic heterocycles. The SMILES string of the molecule is CC(=O)N(C)CCC12CN(C)CCC1=NN(C)C2=O. The Bertz CT molecular complexity index is 434. The van der Waals surface area contributed by atoms with E-state index in [9.17, 15) is 9.59 Å². The van der Waals surface area contributed by atoms with Crippen molar-refractivity contribution in [1.29, 1.82) is 0 Å². The predicted molar refractivity (Wildman–Crippen MR) is 72.7 cm³/mol. The Kier molecular flexibility index (Phi) is 3.62. The van der Waals surface area contributed by atoms with Gasteiger partial charge in [-0.05, 0) is 13.5 Å². The predicted octanol–water partition coefficient (Wildman–Crippen LogP) is 0.00470. The largest absolute Gasteiger partial charge is 0.346 e. The fourth-order valence-electron chi connectivity index (χ4n) is 2.89. The fourth-order valence-corrected chi connectivity index (χ4v) is 2.89. The first-order valence-corrected chi connectivity index (χ1v) is 6.63. The third-order valence-corrected chi connectivity index (χ3v) is 4.21. The van der Waals surface area contributed by atoms with Gasteiger partial charge in [0.1, 0.15) is 5.41 Å². The maximum atomic E-state index is 12.5. The zero-order valence-corrected chi connectivity index (χ0v) is 12.1. The number of fused-ring (bicyclic) bond motifs is 1. The highest BCUT2D eigenvalue weighted by Crippen LogP contribution is 2.37. The molecule has 0 aromatic rings. The highest BCUT2D eigenvalue weighted by Gasteiger charge is 2.51. The van der Waals surface area contributed by atoms with Gasteiger partial charge in [-0.2, -0.15) is 5.10 Å². The number of hydrogen-bond donors (Lipinski definition) is 0. The second-order valence-electron chi connectivity index (χ2n) is 5.64. The first-order valence-electron chi connectivity index (χ1n) is 6.63. The zero-order chi connectivity index (χ0) is 14.2. The van der Waals surface area contributed by atoms with Crippen LogP contribution in [0.1, 0.15) is 19.8 Å². The van der Waals surface area contributed by atoms with Crippen LogP contribution >= 0.6 is 0 Å². The molecular weight excluding hydrogens is 244 g/mol. The molecule has 106 valence electrons. The van der Waals surface area contributed by atoms with Crippen LogP contribution in [0.25, 0.3) is 0 Å². The lowest BCUT2D eigenvalue weighted by Crippen LogP contribution is -2.52. The van der Waals surface area contributed by atoms with E-state index in [1.165, 1.54) is 5.01 Å². The number of piperidine rings is 1. The Balaban J connectivity index is 2.18. The number of hydrogen-bond acceptors (Lipinski definition) is 4. The van der Waals surface area contributed by atoms with Gasteiger partial charge in [0.15, 0.2) is 0 Å². The molecule has 1 saturated heterocycles. The van der Waals surface area contributed by atoms with Crippen molar-refractivity contribution in [3.63, 3.8) is 0 Å². The molecule has 1 unspecified atom stereocenters. The van der Waals surface area contributed by atoms with Crippen molar-refractivity contribution < 1.29 is 9.59 Å². The van der Waals surface area contributed by atoms with Crippen LogP contribution in [-0.2, 0) is 9.59 Å². The molecule has 6 heteroatoms. The van der Waals surface area contributed by atoms with Gasteiger partial charge >= 0.3 is 0 Å². The summed E-state index contributed by atoms with van der Waals surface area (Å²) in [6.45, 7) is 3.76. The summed E-state index contributed by atoms with van der Waals surface area (Å²) in [5.41, 5.74) is 0.459. The van der Waals surface area contributed by atoms with Crippen LogP contribution < -0.4 is 0 Å². The van der Waals surface area contributed by atoms with Crippen molar-refractivity contribution in [3.05, 3.63) is 0 Å². The van der Waals surface area contributed by atoms with E-state index in [1.54, 1.807) is 25.9 Å². The van der Waals surface area contributed by atoms with E-state index in [2.05, 4.69) is 10.0 Å². The summed E-state index contributed by atoms with van der Waals surface area (Å²) < 4.78 is 0. The summed E-state index contributed by atoms with van der Waals surface area (Å²) in [7, 11) is 5.51. The van der Waals surface area contributed by atoms with Crippen molar-refractivity contribution in [3.8, 4) is 0 Å². The Morgan fingerprint density at radius 3 is 2.79 bits per heavy atom. The molecular formula is C13H22N4O2. The van der Waals surface area contributed by atoms with Gasteiger partial charge in [0, 0.05) is 47.1 Å². The second kappa shape index (κ2) is 4.92. The molecule has 0 radical (unpaired) electrons. The molecule has 1 fully saturated rings. The van der Waals surface area contributed by atoms with E-state index in [0.29, 0.717) is 19.5 Å². The molecule has 0 N–H and O–H groups in total. The first kappa shape index (κ1) is 14.0. The van der Waals surface area contributed by atoms with Crippen LogP contribution in [0.5, 0.6) is 0 Å². The molecule has 1 atom stereocenters. The summed E-state index contributed by atoms with van der Waals surface area (Å²) in [6.07, 6.45) is 1.48. The third kappa shape index (κ3) is 2.36. The molecule has 0 spiro atoms. The van der Waals surface area contributed by atoms with Crippen LogP contribution in [0.15, 0.2) is 5.10 Å². The minimum Gasteiger partial charge on any atom is -0.346 e. The monoisotopic (exact) mass is 266 g/mol. The van der Waals surface area contributed by atoms with Crippen LogP contribution in [0.3, 0.4) is 0 Å². The van der Waals surface area contributed by atoms with Crippen LogP contribution in [0.4, 0.5) is 0 Å². The number of carbonyl (C=O) groups excluding carboxylic acids is 2. The van der Waals surface area contributed by atoms with Gasteiger partial charge in [-0.1, -0.05) is 0 Å². The minimum absolute atomic E-state index is 0.0258. The van der Waals surface area contributed by atoms with Gasteiger partial charge in [0.25, 0.3) is 5.91 Å². The molecule has 0 aromatic carbocycles. The van der Waals surface area contributed by atoms with Crippen LogP contribution in [-0.4, -0.2) is 73.1 Å². The van der Waals surface area contributed by atoms with E-state index < -0.39 is 5.41 Å². The standard InChI is InChI=1S/C13H22N4O2/c1-10(18)16(3)8-6-13-9-15(2)7-5-11(13)14-17(4)12(13)19/h5-9H2,1-4H3. The number of rotatable bonds is 3. The summed E-state index contributed by atoms with van der Waals surface area (Å²) in [4.78, 5) is 27.6. The Morgan fingerprint density at radius 1 is 1.47 bits per heavy atom. The van der Waals surface area contributed by atoms with Gasteiger partial charge in [-0.3, -0.25) is 9.59 Å². The topological polar surface area (TPSA) is 56.2 Å². The molecule has 2 aliphatic rings. The summed E-state index contributed by atoms with van der Waals surface area (Å²) in [5, 5.41) is 5.85. The Hall–Kier alpha value is -1.43. The maximum absolute atomic E-state index is 12.5. The van der Waals surface area contributed by atoms with E-state index in [4.69, 9.17) is 0 Å². The first-order chi connectivity index (χ1) is 8.86. The van der Waals surface area contributed by atoms with Crippen LogP contribution in [0, 0.1) is 5.41 Å². The summed E-state index contributed by atoms with van der Waals surface area (Å²) in [5.74, 6) is 0.0869. The van der Waals surface area contributed by atoms with Gasteiger partial charge in [0.2, 0.25) is 5.91 Å². The highest BCUT2D eigenvalue weighted by molar-refractivity contribution is 6.13. The molecule has 2 amide bonds. The van der Waals surface area contributed by atoms with Crippen molar-refractivity contribution in [1.82, 2.24) is 14.8 Å². The third-order valence-electron chi connectivity index (χ3n) is 4.21. The molecule has 0 saturated carbocycles. The smallest absolute Gasteiger partial charge is 0.255 e. The Labute approximate surface area is 114 Å². The molecule has 2 rings (SSSR count). The molecule has 2 heterocycles. The molecule has 2 aliphatic heterocycles. The number of carbonyl (C=O) groups is 2. The number of nitrogens with zero attached hydrogens (tertiary/aromatic N) is 4. The normalized spacial score (nSPS) is 27.3. The number of likely N-dealkylation sites (tertiary alicyclic amines) is 1. The number of hydrazone groups is 1. The molecule has 6 nitrogen and oxygen atoms in total. The van der Waals surface area contributed by atoms with Gasteiger partial charge in [-0.25, -0.2) is 5.01 Å². The van der Waals surface area contributed by atoms with Crippen molar-refractivity contribution >= 4 is 17.5 Å². The second-order valence-corrected chi connectivity index (χ2v) is 5.64. The van der Waals surface area contributed by atoms with E-state index in [-0.39, 0.29) is 11.8 Å². The maximum Gasteiger partial charge on any atom is 0.255 e. The zero-order valence-electron chi connectivity index (χ0n) is 12.1. The quantitative estimate of drug-likeness (QED) is 0.723. The van der Waals surface area contributed by atoms with E-state index >= 15 is 0 Å². The van der Waals surface area contributed by atoms with Crippen molar-refractivity contribution in [2.24, 2.45) is 10.5 Å². The lowest BCUT2D eigenvalue weighted by atomic mass is 9.75. The fraction of sp³-hybridized carbons (Fsp3) is 0.769. The molecule has 0 bridgehead atoms. The van der Waals surface area contributed by atoms with Crippen molar-refractivity contribution in [2.45, 2.75) is 19.8 Å². The summed E-state index contributed by atoms with van der Waals surface area (Å²) in [6, 6.07) is 0. The van der Waals surface area contributed by atoms with Crippen LogP contribution in [0.2, 0.25) is 0 Å². The van der Waals surface area contributed by atoms with E-state index in [1.807, 2.05) is 7.05 Å². The minimum atomic E-state index is -0.522. The molecule has 0 aliphatic carbocycles. The lowest BCUT2D eigenvalue weighted by Gasteiger charge is -2.38. The van der Waals surface area contributed by atoms with Gasteiger partial charge < -0.3 is 9.80 Å². The molecule has 19 heavy (non-hydrogen) atoms. The van der Waals surface area contributed by atoms with Gasteiger partial charge in [-0.15, -0.1) is 0 Å². The lowest BCUT2D eigenvalue weighted by molar-refractivity contribution is -0.137.